The van der Waals surface area contributed by atoms with Crippen molar-refractivity contribution < 1.29 is 23.9 Å². The first-order valence-corrected chi connectivity index (χ1v) is 22.2. The maximum Gasteiger partial charge on any atom is 0.326 e. The number of amides is 2. The van der Waals surface area contributed by atoms with Gasteiger partial charge in [-0.25, -0.2) is 4.79 Å². The summed E-state index contributed by atoms with van der Waals surface area (Å²) < 4.78 is 6.77. The van der Waals surface area contributed by atoms with Gasteiger partial charge in [0, 0.05) is 43.7 Å². The number of carboxylic acids is 1. The van der Waals surface area contributed by atoms with Crippen LogP contribution in [0.15, 0.2) is 91.5 Å². The Morgan fingerprint density at radius 3 is 2.17 bits per heavy atom. The zero-order valence-electron chi connectivity index (χ0n) is 33.8. The van der Waals surface area contributed by atoms with Gasteiger partial charge >= 0.3 is 5.97 Å². The number of hydrogen-bond donors (Lipinski definition) is 3. The van der Waals surface area contributed by atoms with Crippen LogP contribution < -0.4 is 15.1 Å². The van der Waals surface area contributed by atoms with E-state index in [9.17, 15) is 19.5 Å². The fraction of sp³-hybridized carbons (Fsp3) is 0.477. The summed E-state index contributed by atoms with van der Waals surface area (Å²) in [6, 6.07) is 23.9. The number of nitrogens with one attached hydrogen (secondary N) is 2. The monoisotopic (exact) mass is 754 g/mol. The fourth-order valence-corrected chi connectivity index (χ4v) is 7.88. The lowest BCUT2D eigenvalue weighted by atomic mass is 9.92. The molecule has 10 heteroatoms. The van der Waals surface area contributed by atoms with Gasteiger partial charge in [0.1, 0.15) is 17.8 Å². The van der Waals surface area contributed by atoms with Crippen LogP contribution in [0.4, 0.5) is 0 Å². The molecular weight excluding hydrogens is 693 g/mol. The van der Waals surface area contributed by atoms with Crippen LogP contribution in [0.2, 0.25) is 18.1 Å². The molecule has 1 saturated heterocycles. The topological polar surface area (TPSA) is 111 Å². The molecule has 0 saturated carbocycles. The normalized spacial score (nSPS) is 18.7. The molecule has 292 valence electrons. The van der Waals surface area contributed by atoms with Crippen molar-refractivity contribution in [3.05, 3.63) is 114 Å². The van der Waals surface area contributed by atoms with Crippen LogP contribution in [-0.4, -0.2) is 84.8 Å². The van der Waals surface area contributed by atoms with Crippen molar-refractivity contribution in [1.82, 2.24) is 20.4 Å². The molecule has 1 fully saturated rings. The molecule has 1 aliphatic heterocycles. The van der Waals surface area contributed by atoms with Crippen LogP contribution in [0.5, 0.6) is 5.75 Å². The third-order valence-electron chi connectivity index (χ3n) is 10.9. The number of rotatable bonds is 16. The first kappa shape index (κ1) is 42.5. The van der Waals surface area contributed by atoms with Crippen LogP contribution in [0, 0.1) is 5.92 Å². The quantitative estimate of drug-likeness (QED) is 0.102. The van der Waals surface area contributed by atoms with Crippen LogP contribution in [0.1, 0.15) is 88.0 Å². The van der Waals surface area contributed by atoms with Crippen LogP contribution >= 0.6 is 0 Å². The molecule has 0 bridgehead atoms. The van der Waals surface area contributed by atoms with E-state index in [-0.39, 0.29) is 35.9 Å². The van der Waals surface area contributed by atoms with E-state index in [2.05, 4.69) is 92.9 Å². The van der Waals surface area contributed by atoms with Gasteiger partial charge in [-0.2, -0.15) is 0 Å². The second kappa shape index (κ2) is 18.4. The lowest BCUT2D eigenvalue weighted by Crippen LogP contribution is -2.57. The first-order valence-electron chi connectivity index (χ1n) is 19.3. The molecule has 5 atom stereocenters. The Morgan fingerprint density at radius 1 is 0.907 bits per heavy atom. The summed E-state index contributed by atoms with van der Waals surface area (Å²) in [5.41, 5.74) is 3.42. The van der Waals surface area contributed by atoms with Crippen molar-refractivity contribution in [3.63, 3.8) is 0 Å². The lowest BCUT2D eigenvalue weighted by molar-refractivity contribution is -0.142. The van der Waals surface area contributed by atoms with E-state index < -0.39 is 38.2 Å². The van der Waals surface area contributed by atoms with E-state index in [1.807, 2.05) is 80.6 Å². The lowest BCUT2D eigenvalue weighted by Gasteiger charge is -2.47. The number of carbonyl (C=O) groups excluding carboxylic acids is 2. The van der Waals surface area contributed by atoms with Crippen molar-refractivity contribution in [2.75, 3.05) is 19.6 Å². The van der Waals surface area contributed by atoms with Gasteiger partial charge in [0.25, 0.3) is 5.91 Å². The number of carbonyl (C=O) groups is 3. The van der Waals surface area contributed by atoms with E-state index >= 15 is 0 Å². The van der Waals surface area contributed by atoms with Crippen molar-refractivity contribution >= 4 is 26.1 Å². The molecule has 3 aromatic carbocycles. The highest BCUT2D eigenvalue weighted by atomic mass is 28.4. The van der Waals surface area contributed by atoms with E-state index in [4.69, 9.17) is 4.43 Å². The molecule has 3 aromatic rings. The summed E-state index contributed by atoms with van der Waals surface area (Å²) in [6.45, 7) is 26.1. The van der Waals surface area contributed by atoms with Crippen molar-refractivity contribution in [1.29, 1.82) is 0 Å². The predicted molar refractivity (Wildman–Crippen MR) is 220 cm³/mol. The van der Waals surface area contributed by atoms with Gasteiger partial charge < -0.3 is 20.2 Å². The number of piperazine rings is 1. The third-order valence-corrected chi connectivity index (χ3v) is 15.3. The van der Waals surface area contributed by atoms with Crippen LogP contribution in [0.3, 0.4) is 0 Å². The minimum atomic E-state index is -2.09. The molecule has 54 heavy (non-hydrogen) atoms. The molecule has 9 nitrogen and oxygen atoms in total. The standard InChI is InChI=1S/C44H62N4O5Si/c1-11-24-47-28-32(5)48(29-31(47)4)40(36-18-15-19-37(27-36)53-54(9,10)44(6,7)8)34-20-22-35(23-21-34)41(49)45-38(26-33-16-13-12-14-17-33)42(50)46-39(43(51)52)25-30(2)3/h11-23,27,30-32,38-40H,1,24-26,28-29H2,2-10H3,(H,45,49)(H,46,50)(H,51,52)/t31?,32?,38-,39-,40?/m0/s1. The molecule has 0 radical (unpaired) electrons. The Morgan fingerprint density at radius 2 is 1.57 bits per heavy atom. The number of nitrogens with zero attached hydrogens (tertiary/aromatic N) is 2. The molecule has 1 aliphatic rings. The van der Waals surface area contributed by atoms with E-state index in [1.54, 1.807) is 0 Å². The van der Waals surface area contributed by atoms with Crippen molar-refractivity contribution in [2.45, 2.75) is 110 Å². The molecule has 3 unspecified atom stereocenters. The minimum absolute atomic E-state index is 0.0526. The third kappa shape index (κ3) is 11.1. The number of carboxylic acid groups (broad SMARTS) is 1. The Bertz CT molecular complexity index is 1720. The molecule has 0 aromatic heterocycles. The van der Waals surface area contributed by atoms with E-state index in [1.165, 1.54) is 0 Å². The summed E-state index contributed by atoms with van der Waals surface area (Å²) in [5, 5.41) is 15.4. The highest BCUT2D eigenvalue weighted by Crippen LogP contribution is 2.39. The number of aliphatic carboxylic acids is 1. The van der Waals surface area contributed by atoms with E-state index in [0.29, 0.717) is 11.6 Å². The predicted octanol–water partition coefficient (Wildman–Crippen LogP) is 7.70. The van der Waals surface area contributed by atoms with Gasteiger partial charge in [-0.05, 0) is 85.3 Å². The Kier molecular flexibility index (Phi) is 14.5. The molecule has 0 aliphatic carbocycles. The Hall–Kier alpha value is -4.25. The zero-order valence-corrected chi connectivity index (χ0v) is 34.8. The SMILES string of the molecule is C=CCN1CC(C)N(C(c2ccc(C(=O)N[C@@H](Cc3ccccc3)C(=O)N[C@@H](CC(C)C)C(=O)O)cc2)c2cccc(O[Si](C)(C)C(C)(C)C)c2)CC1C. The average Bonchev–Trinajstić information content (AvgIpc) is 3.10. The first-order chi connectivity index (χ1) is 25.4. The maximum atomic E-state index is 13.8. The highest BCUT2D eigenvalue weighted by Gasteiger charge is 2.40. The van der Waals surface area contributed by atoms with Gasteiger partial charge in [0.2, 0.25) is 14.2 Å². The summed E-state index contributed by atoms with van der Waals surface area (Å²) in [5.74, 6) is -1.11. The van der Waals surface area contributed by atoms with Gasteiger partial charge in [-0.1, -0.05) is 95.3 Å². The highest BCUT2D eigenvalue weighted by molar-refractivity contribution is 6.74. The second-order valence-corrected chi connectivity index (χ2v) is 21.6. The minimum Gasteiger partial charge on any atom is -0.543 e. The van der Waals surface area contributed by atoms with Gasteiger partial charge in [-0.3, -0.25) is 19.4 Å². The molecule has 0 spiro atoms. The van der Waals surface area contributed by atoms with Gasteiger partial charge in [0.15, 0.2) is 0 Å². The maximum absolute atomic E-state index is 13.8. The largest absolute Gasteiger partial charge is 0.543 e. The molecular formula is C44H62N4O5Si. The van der Waals surface area contributed by atoms with Crippen LogP contribution in [-0.2, 0) is 16.0 Å². The van der Waals surface area contributed by atoms with Crippen molar-refractivity contribution in [3.8, 4) is 5.75 Å². The summed E-state index contributed by atoms with van der Waals surface area (Å²) >= 11 is 0. The Labute approximate surface area is 324 Å². The smallest absolute Gasteiger partial charge is 0.326 e. The van der Waals surface area contributed by atoms with Crippen LogP contribution in [0.25, 0.3) is 0 Å². The fourth-order valence-electron chi connectivity index (χ4n) is 6.86. The van der Waals surface area contributed by atoms with Gasteiger partial charge in [-0.15, -0.1) is 6.58 Å². The second-order valence-electron chi connectivity index (χ2n) is 16.8. The Balaban J connectivity index is 1.65. The van der Waals surface area contributed by atoms with Crippen molar-refractivity contribution in [2.24, 2.45) is 5.92 Å². The number of hydrogen-bond acceptors (Lipinski definition) is 6. The molecule has 3 N–H and O–H groups in total. The summed E-state index contributed by atoms with van der Waals surface area (Å²) in [7, 11) is -2.09. The number of benzene rings is 3. The molecule has 4 rings (SSSR count). The van der Waals surface area contributed by atoms with Gasteiger partial charge in [0.05, 0.1) is 6.04 Å². The molecule has 2 amide bonds. The summed E-state index contributed by atoms with van der Waals surface area (Å²) in [6.07, 6.45) is 2.46. The average molecular weight is 755 g/mol. The van der Waals surface area contributed by atoms with E-state index in [0.717, 1.165) is 42.1 Å². The summed E-state index contributed by atoms with van der Waals surface area (Å²) in [4.78, 5) is 44.4. The molecule has 1 heterocycles. The zero-order chi connectivity index (χ0) is 39.8.